The number of hydrogen-bond donors (Lipinski definition) is 1. The summed E-state index contributed by atoms with van der Waals surface area (Å²) >= 11 is 12.7. The summed E-state index contributed by atoms with van der Waals surface area (Å²) in [6.07, 6.45) is 4.76. The van der Waals surface area contributed by atoms with Gasteiger partial charge >= 0.3 is 0 Å². The molecule has 2 aromatic carbocycles. The second kappa shape index (κ2) is 9.12. The third-order valence-electron chi connectivity index (χ3n) is 5.14. The number of hydrogen-bond acceptors (Lipinski definition) is 7. The van der Waals surface area contributed by atoms with Crippen molar-refractivity contribution in [1.82, 2.24) is 29.5 Å². The van der Waals surface area contributed by atoms with Crippen molar-refractivity contribution in [3.63, 3.8) is 0 Å². The summed E-state index contributed by atoms with van der Waals surface area (Å²) in [5.41, 5.74) is 2.43. The van der Waals surface area contributed by atoms with Crippen LogP contribution in [-0.4, -0.2) is 36.6 Å². The van der Waals surface area contributed by atoms with E-state index in [1.807, 2.05) is 24.3 Å². The van der Waals surface area contributed by atoms with Crippen LogP contribution in [0.15, 0.2) is 72.2 Å². The number of pyridine rings is 1. The maximum atomic E-state index is 13.2. The smallest absolute Gasteiger partial charge is 0.293 e. The lowest BCUT2D eigenvalue weighted by Gasteiger charge is -2.13. The molecular formula is C23H17Cl2N7O2. The lowest BCUT2D eigenvalue weighted by Crippen LogP contribution is -2.27. The summed E-state index contributed by atoms with van der Waals surface area (Å²) in [5, 5.41) is 8.56. The predicted molar refractivity (Wildman–Crippen MR) is 131 cm³/mol. The summed E-state index contributed by atoms with van der Waals surface area (Å²) in [6.45, 7) is 0.616. The second-order valence-electron chi connectivity index (χ2n) is 7.32. The topological polar surface area (TPSA) is 99.8 Å². The molecule has 5 rings (SSSR count). The molecule has 9 nitrogen and oxygen atoms in total. The van der Waals surface area contributed by atoms with Crippen molar-refractivity contribution in [2.24, 2.45) is 0 Å². The first kappa shape index (κ1) is 21.9. The third-order valence-corrected chi connectivity index (χ3v) is 5.77. The van der Waals surface area contributed by atoms with E-state index in [-0.39, 0.29) is 5.56 Å². The monoisotopic (exact) mass is 493 g/mol. The fourth-order valence-corrected chi connectivity index (χ4v) is 4.16. The number of anilines is 2. The van der Waals surface area contributed by atoms with Gasteiger partial charge in [0.2, 0.25) is 5.95 Å². The molecule has 0 fully saturated rings. The van der Waals surface area contributed by atoms with Crippen molar-refractivity contribution in [2.75, 3.05) is 12.4 Å². The van der Waals surface area contributed by atoms with Gasteiger partial charge in [0.15, 0.2) is 5.65 Å². The lowest BCUT2D eigenvalue weighted by atomic mass is 10.1. The molecule has 0 aliphatic carbocycles. The second-order valence-corrected chi connectivity index (χ2v) is 8.14. The number of aromatic nitrogens is 6. The Kier molecular flexibility index (Phi) is 5.87. The quantitative estimate of drug-likeness (QED) is 0.378. The van der Waals surface area contributed by atoms with Gasteiger partial charge in [0.05, 0.1) is 22.2 Å². The van der Waals surface area contributed by atoms with Crippen molar-refractivity contribution in [3.8, 4) is 11.1 Å². The van der Waals surface area contributed by atoms with Crippen molar-refractivity contribution >= 4 is 45.9 Å². The van der Waals surface area contributed by atoms with Gasteiger partial charge in [-0.3, -0.25) is 4.79 Å². The summed E-state index contributed by atoms with van der Waals surface area (Å²) in [6, 6.07) is 14.5. The van der Waals surface area contributed by atoms with Crippen LogP contribution in [0.5, 0.6) is 0 Å². The largest absolute Gasteiger partial charge is 0.412 e. The molecule has 0 bridgehead atoms. The Bertz CT molecular complexity index is 1510. The zero-order valence-electron chi connectivity index (χ0n) is 17.8. The molecule has 1 N–H and O–H groups in total. The van der Waals surface area contributed by atoms with E-state index < -0.39 is 5.56 Å². The third kappa shape index (κ3) is 4.18. The first-order valence-electron chi connectivity index (χ1n) is 10.1. The standard InChI is InChI=1S/C23H17Cl2N7O2/c1-34-32-21-15(9-17(22(32)33)20-18(24)3-2-4-19(20)25)10-27-23(30-21)29-16-7-5-14(6-8-16)11-31-13-26-12-28-31/h2-10,12-13H,11H2,1H3,(H,27,29,30). The zero-order valence-corrected chi connectivity index (χ0v) is 19.3. The van der Waals surface area contributed by atoms with E-state index in [4.69, 9.17) is 28.0 Å². The van der Waals surface area contributed by atoms with Crippen LogP contribution < -0.4 is 15.7 Å². The van der Waals surface area contributed by atoms with Crippen molar-refractivity contribution < 1.29 is 4.84 Å². The first-order valence-corrected chi connectivity index (χ1v) is 10.9. The minimum absolute atomic E-state index is 0.289. The molecule has 0 amide bonds. The average molecular weight is 494 g/mol. The van der Waals surface area contributed by atoms with Crippen LogP contribution in [0, 0.1) is 0 Å². The Hall–Kier alpha value is -3.95. The number of halogens is 2. The molecule has 11 heteroatoms. The molecule has 0 radical (unpaired) electrons. The molecule has 3 heterocycles. The molecule has 0 unspecified atom stereocenters. The number of rotatable bonds is 6. The molecule has 0 saturated heterocycles. The summed E-state index contributed by atoms with van der Waals surface area (Å²) in [7, 11) is 1.39. The molecule has 170 valence electrons. The Labute approximate surface area is 203 Å². The van der Waals surface area contributed by atoms with Crippen molar-refractivity contribution in [3.05, 3.63) is 93.3 Å². The van der Waals surface area contributed by atoms with E-state index in [9.17, 15) is 4.79 Å². The number of benzene rings is 2. The van der Waals surface area contributed by atoms with Gasteiger partial charge in [-0.1, -0.05) is 41.4 Å². The maximum absolute atomic E-state index is 13.2. The number of fused-ring (bicyclic) bond motifs is 1. The molecule has 0 saturated carbocycles. The Morgan fingerprint density at radius 3 is 2.53 bits per heavy atom. The molecule has 0 aliphatic rings. The predicted octanol–water partition coefficient (Wildman–Crippen LogP) is 4.21. The van der Waals surface area contributed by atoms with Crippen LogP contribution in [0.2, 0.25) is 10.0 Å². The average Bonchev–Trinajstić information content (AvgIpc) is 3.34. The Morgan fingerprint density at radius 1 is 1.09 bits per heavy atom. The fraction of sp³-hybridized carbons (Fsp3) is 0.0870. The minimum Gasteiger partial charge on any atom is -0.412 e. The van der Waals surface area contributed by atoms with Crippen molar-refractivity contribution in [2.45, 2.75) is 6.54 Å². The highest BCUT2D eigenvalue weighted by Crippen LogP contribution is 2.33. The SMILES string of the molecule is COn1c(=O)c(-c2c(Cl)cccc2Cl)cc2cnc(Nc3ccc(Cn4cncn4)cc3)nc21. The van der Waals surface area contributed by atoms with Crippen LogP contribution in [-0.2, 0) is 6.54 Å². The van der Waals surface area contributed by atoms with Crippen LogP contribution in [0.3, 0.4) is 0 Å². The van der Waals surface area contributed by atoms with Crippen LogP contribution in [0.25, 0.3) is 22.2 Å². The van der Waals surface area contributed by atoms with Gasteiger partial charge in [-0.2, -0.15) is 10.1 Å². The van der Waals surface area contributed by atoms with Crippen LogP contribution >= 0.6 is 23.2 Å². The summed E-state index contributed by atoms with van der Waals surface area (Å²) in [4.78, 5) is 31.4. The molecule has 0 aliphatic heterocycles. The molecule has 5 aromatic rings. The normalized spacial score (nSPS) is 11.0. The molecular weight excluding hydrogens is 477 g/mol. The van der Waals surface area contributed by atoms with Crippen LogP contribution in [0.4, 0.5) is 11.6 Å². The molecule has 34 heavy (non-hydrogen) atoms. The zero-order chi connectivity index (χ0) is 23.7. The highest BCUT2D eigenvalue weighted by Gasteiger charge is 2.18. The highest BCUT2D eigenvalue weighted by atomic mass is 35.5. The van der Waals surface area contributed by atoms with E-state index in [0.29, 0.717) is 39.1 Å². The van der Waals surface area contributed by atoms with Gasteiger partial charge in [-0.15, -0.1) is 4.73 Å². The van der Waals surface area contributed by atoms with Gasteiger partial charge < -0.3 is 10.2 Å². The number of nitrogens with one attached hydrogen (secondary N) is 1. The highest BCUT2D eigenvalue weighted by molar-refractivity contribution is 6.39. The Morgan fingerprint density at radius 2 is 1.85 bits per heavy atom. The fourth-order valence-electron chi connectivity index (χ4n) is 3.56. The summed E-state index contributed by atoms with van der Waals surface area (Å²) in [5.74, 6) is 0.310. The van der Waals surface area contributed by atoms with Gasteiger partial charge in [0.25, 0.3) is 5.56 Å². The van der Waals surface area contributed by atoms with Gasteiger partial charge in [-0.25, -0.2) is 14.6 Å². The van der Waals surface area contributed by atoms with Gasteiger partial charge in [0, 0.05) is 22.8 Å². The van der Waals surface area contributed by atoms with E-state index in [2.05, 4.69) is 25.4 Å². The first-order chi connectivity index (χ1) is 16.5. The summed E-state index contributed by atoms with van der Waals surface area (Å²) < 4.78 is 2.83. The lowest BCUT2D eigenvalue weighted by molar-refractivity contribution is 0.168. The minimum atomic E-state index is -0.438. The van der Waals surface area contributed by atoms with E-state index in [0.717, 1.165) is 16.0 Å². The maximum Gasteiger partial charge on any atom is 0.293 e. The molecule has 0 atom stereocenters. The van der Waals surface area contributed by atoms with Gasteiger partial charge in [-0.05, 0) is 35.9 Å². The molecule has 3 aromatic heterocycles. The van der Waals surface area contributed by atoms with E-state index in [1.54, 1.807) is 41.5 Å². The van der Waals surface area contributed by atoms with E-state index in [1.165, 1.54) is 13.4 Å². The van der Waals surface area contributed by atoms with Crippen LogP contribution in [0.1, 0.15) is 5.56 Å². The number of nitrogens with zero attached hydrogens (tertiary/aromatic N) is 6. The molecule has 0 spiro atoms. The van der Waals surface area contributed by atoms with Crippen molar-refractivity contribution in [1.29, 1.82) is 0 Å². The van der Waals surface area contributed by atoms with E-state index >= 15 is 0 Å². The van der Waals surface area contributed by atoms with Gasteiger partial charge in [0.1, 0.15) is 19.8 Å². The Balaban J connectivity index is 1.48.